The maximum Gasteiger partial charge on any atom is 0.248 e. The Bertz CT molecular complexity index is 658. The second kappa shape index (κ2) is 7.06. The number of benzene rings is 2. The first-order valence-electron chi connectivity index (χ1n) is 6.24. The average molecular weight is 320 g/mol. The lowest BCUT2D eigenvalue weighted by Gasteiger charge is -2.11. The molecule has 0 heterocycles. The second-order valence-electron chi connectivity index (χ2n) is 4.38. The summed E-state index contributed by atoms with van der Waals surface area (Å²) in [5.74, 6) is -0.455. The van der Waals surface area contributed by atoms with Gasteiger partial charge in [-0.05, 0) is 54.2 Å². The number of hydrogen-bond acceptors (Lipinski definition) is 2. The van der Waals surface area contributed by atoms with Gasteiger partial charge in [0.15, 0.2) is 5.11 Å². The fourth-order valence-corrected chi connectivity index (χ4v) is 2.13. The minimum atomic E-state index is -0.455. The molecule has 4 N–H and O–H groups in total. The second-order valence-corrected chi connectivity index (χ2v) is 5.22. The van der Waals surface area contributed by atoms with E-state index in [0.717, 1.165) is 11.3 Å². The van der Waals surface area contributed by atoms with Crippen molar-refractivity contribution < 1.29 is 4.79 Å². The summed E-state index contributed by atoms with van der Waals surface area (Å²) in [6.07, 6.45) is 0. The van der Waals surface area contributed by atoms with Crippen molar-refractivity contribution in [2.45, 2.75) is 6.54 Å². The lowest BCUT2D eigenvalue weighted by atomic mass is 10.2. The molecule has 0 saturated heterocycles. The summed E-state index contributed by atoms with van der Waals surface area (Å²) in [6, 6.07) is 14.3. The number of hydrogen-bond donors (Lipinski definition) is 3. The number of nitrogens with two attached hydrogens (primary N) is 1. The van der Waals surface area contributed by atoms with Crippen LogP contribution in [-0.4, -0.2) is 11.0 Å². The highest BCUT2D eigenvalue weighted by Gasteiger charge is 2.01. The molecule has 0 radical (unpaired) electrons. The smallest absolute Gasteiger partial charge is 0.248 e. The number of anilines is 1. The van der Waals surface area contributed by atoms with Crippen LogP contribution in [0.3, 0.4) is 0 Å². The van der Waals surface area contributed by atoms with Crippen LogP contribution in [0.5, 0.6) is 0 Å². The molecule has 0 aromatic heterocycles. The SMILES string of the molecule is NC(=O)c1ccc(NC(=S)NCc2cccc(Cl)c2)cc1. The van der Waals surface area contributed by atoms with Crippen molar-refractivity contribution in [1.29, 1.82) is 0 Å². The minimum Gasteiger partial charge on any atom is -0.366 e. The van der Waals surface area contributed by atoms with E-state index in [0.29, 0.717) is 22.2 Å². The minimum absolute atomic E-state index is 0.455. The zero-order valence-electron chi connectivity index (χ0n) is 11.1. The summed E-state index contributed by atoms with van der Waals surface area (Å²) < 4.78 is 0. The molecule has 0 spiro atoms. The van der Waals surface area contributed by atoms with Crippen molar-refractivity contribution in [3.05, 3.63) is 64.7 Å². The number of rotatable bonds is 4. The Hall–Kier alpha value is -2.11. The Balaban J connectivity index is 1.88. The van der Waals surface area contributed by atoms with Crippen molar-refractivity contribution in [3.63, 3.8) is 0 Å². The van der Waals surface area contributed by atoms with Gasteiger partial charge in [0, 0.05) is 22.8 Å². The molecule has 0 saturated carbocycles. The van der Waals surface area contributed by atoms with Crippen LogP contribution in [-0.2, 0) is 6.54 Å². The van der Waals surface area contributed by atoms with Crippen molar-refractivity contribution in [1.82, 2.24) is 5.32 Å². The zero-order valence-corrected chi connectivity index (χ0v) is 12.7. The van der Waals surface area contributed by atoms with Gasteiger partial charge < -0.3 is 16.4 Å². The van der Waals surface area contributed by atoms with Crippen LogP contribution in [0.25, 0.3) is 0 Å². The van der Waals surface area contributed by atoms with Gasteiger partial charge in [0.1, 0.15) is 0 Å². The third-order valence-corrected chi connectivity index (χ3v) is 3.25. The number of thiocarbonyl (C=S) groups is 1. The van der Waals surface area contributed by atoms with E-state index in [4.69, 9.17) is 29.6 Å². The van der Waals surface area contributed by atoms with Gasteiger partial charge in [-0.3, -0.25) is 4.79 Å². The standard InChI is InChI=1S/C15H14ClN3OS/c16-12-3-1-2-10(8-12)9-18-15(21)19-13-6-4-11(5-7-13)14(17)20/h1-8H,9H2,(H2,17,20)(H2,18,19,21). The molecular formula is C15H14ClN3OS. The molecular weight excluding hydrogens is 306 g/mol. The van der Waals surface area contributed by atoms with Crippen LogP contribution in [0, 0.1) is 0 Å². The Morgan fingerprint density at radius 1 is 1.19 bits per heavy atom. The van der Waals surface area contributed by atoms with Crippen molar-refractivity contribution >= 4 is 40.5 Å². The maximum atomic E-state index is 11.0. The van der Waals surface area contributed by atoms with E-state index in [-0.39, 0.29) is 0 Å². The predicted octanol–water partition coefficient (Wildman–Crippen LogP) is 2.93. The highest BCUT2D eigenvalue weighted by atomic mass is 35.5. The Kier molecular flexibility index (Phi) is 5.14. The summed E-state index contributed by atoms with van der Waals surface area (Å²) in [4.78, 5) is 11.0. The predicted molar refractivity (Wildman–Crippen MR) is 89.5 cm³/mol. The van der Waals surface area contributed by atoms with E-state index in [2.05, 4.69) is 10.6 Å². The third-order valence-electron chi connectivity index (χ3n) is 2.77. The molecule has 6 heteroatoms. The van der Waals surface area contributed by atoms with Gasteiger partial charge in [0.05, 0.1) is 0 Å². The van der Waals surface area contributed by atoms with Crippen LogP contribution < -0.4 is 16.4 Å². The fourth-order valence-electron chi connectivity index (χ4n) is 1.72. The number of carbonyl (C=O) groups is 1. The highest BCUT2D eigenvalue weighted by Crippen LogP contribution is 2.11. The zero-order chi connectivity index (χ0) is 15.2. The molecule has 0 bridgehead atoms. The van der Waals surface area contributed by atoms with Crippen LogP contribution in [0.2, 0.25) is 5.02 Å². The molecule has 0 aliphatic carbocycles. The normalized spacial score (nSPS) is 9.95. The van der Waals surface area contributed by atoms with Gasteiger partial charge in [0.2, 0.25) is 5.91 Å². The van der Waals surface area contributed by atoms with Crippen molar-refractivity contribution in [2.24, 2.45) is 5.73 Å². The summed E-state index contributed by atoms with van der Waals surface area (Å²) in [5, 5.41) is 7.29. The van der Waals surface area contributed by atoms with E-state index in [1.807, 2.05) is 24.3 Å². The molecule has 21 heavy (non-hydrogen) atoms. The van der Waals surface area contributed by atoms with E-state index in [1.165, 1.54) is 0 Å². The van der Waals surface area contributed by atoms with E-state index >= 15 is 0 Å². The number of amides is 1. The van der Waals surface area contributed by atoms with Crippen LogP contribution >= 0.6 is 23.8 Å². The number of carbonyl (C=O) groups excluding carboxylic acids is 1. The molecule has 2 aromatic carbocycles. The van der Waals surface area contributed by atoms with Crippen LogP contribution in [0.4, 0.5) is 5.69 Å². The lowest BCUT2D eigenvalue weighted by molar-refractivity contribution is 0.100. The van der Waals surface area contributed by atoms with Gasteiger partial charge in [0.25, 0.3) is 0 Å². The molecule has 2 aromatic rings. The molecule has 0 unspecified atom stereocenters. The van der Waals surface area contributed by atoms with Crippen LogP contribution in [0.15, 0.2) is 48.5 Å². The molecule has 0 aliphatic rings. The lowest BCUT2D eigenvalue weighted by Crippen LogP contribution is -2.27. The number of nitrogens with one attached hydrogen (secondary N) is 2. The molecule has 2 rings (SSSR count). The first-order chi connectivity index (χ1) is 10.0. The molecule has 0 aliphatic heterocycles. The fraction of sp³-hybridized carbons (Fsp3) is 0.0667. The van der Waals surface area contributed by atoms with Crippen molar-refractivity contribution in [3.8, 4) is 0 Å². The molecule has 1 amide bonds. The number of primary amides is 1. The Labute approximate surface area is 133 Å². The van der Waals surface area contributed by atoms with Gasteiger partial charge in [-0.15, -0.1) is 0 Å². The maximum absolute atomic E-state index is 11.0. The number of halogens is 1. The molecule has 0 fully saturated rings. The Morgan fingerprint density at radius 3 is 2.52 bits per heavy atom. The monoisotopic (exact) mass is 319 g/mol. The highest BCUT2D eigenvalue weighted by molar-refractivity contribution is 7.80. The van der Waals surface area contributed by atoms with Gasteiger partial charge in [-0.25, -0.2) is 0 Å². The quantitative estimate of drug-likeness (QED) is 0.758. The van der Waals surface area contributed by atoms with Crippen LogP contribution in [0.1, 0.15) is 15.9 Å². The summed E-state index contributed by atoms with van der Waals surface area (Å²) in [6.45, 7) is 0.575. The summed E-state index contributed by atoms with van der Waals surface area (Å²) >= 11 is 11.1. The largest absolute Gasteiger partial charge is 0.366 e. The van der Waals surface area contributed by atoms with E-state index in [1.54, 1.807) is 24.3 Å². The topological polar surface area (TPSA) is 67.2 Å². The molecule has 0 atom stereocenters. The van der Waals surface area contributed by atoms with E-state index in [9.17, 15) is 4.79 Å². The van der Waals surface area contributed by atoms with Gasteiger partial charge >= 0.3 is 0 Å². The Morgan fingerprint density at radius 2 is 1.90 bits per heavy atom. The molecule has 4 nitrogen and oxygen atoms in total. The summed E-state index contributed by atoms with van der Waals surface area (Å²) in [7, 11) is 0. The third kappa shape index (κ3) is 4.73. The molecule has 108 valence electrons. The van der Waals surface area contributed by atoms with E-state index < -0.39 is 5.91 Å². The first-order valence-corrected chi connectivity index (χ1v) is 7.02. The average Bonchev–Trinajstić information content (AvgIpc) is 2.46. The van der Waals surface area contributed by atoms with Gasteiger partial charge in [-0.1, -0.05) is 23.7 Å². The summed E-state index contributed by atoms with van der Waals surface area (Å²) in [5.41, 5.74) is 7.46. The first kappa shape index (κ1) is 15.3. The van der Waals surface area contributed by atoms with Gasteiger partial charge in [-0.2, -0.15) is 0 Å². The van der Waals surface area contributed by atoms with Crippen molar-refractivity contribution in [2.75, 3.05) is 5.32 Å².